The molecule has 0 atom stereocenters. The molecule has 0 bridgehead atoms. The minimum absolute atomic E-state index is 0.00353. The SMILES string of the molecule is CCC1(COCC2(CC)COCOC2)COCOC1. The molecule has 2 heterocycles. The quantitative estimate of drug-likeness (QED) is 0.739. The van der Waals surface area contributed by atoms with Crippen LogP contribution in [0.1, 0.15) is 26.7 Å². The van der Waals surface area contributed by atoms with E-state index in [1.807, 2.05) is 0 Å². The second kappa shape index (κ2) is 6.99. The van der Waals surface area contributed by atoms with E-state index in [0.29, 0.717) is 26.8 Å². The summed E-state index contributed by atoms with van der Waals surface area (Å²) in [6.07, 6.45) is 2.00. The van der Waals surface area contributed by atoms with Crippen LogP contribution in [-0.2, 0) is 23.7 Å². The summed E-state index contributed by atoms with van der Waals surface area (Å²) in [6, 6.07) is 0. The highest BCUT2D eigenvalue weighted by atomic mass is 16.7. The van der Waals surface area contributed by atoms with Gasteiger partial charge in [-0.15, -0.1) is 0 Å². The summed E-state index contributed by atoms with van der Waals surface area (Å²) in [5.41, 5.74) is 0.00707. The predicted octanol–water partition coefficient (Wildman–Crippen LogP) is 1.80. The first-order chi connectivity index (χ1) is 9.24. The third-order valence-electron chi connectivity index (χ3n) is 4.28. The van der Waals surface area contributed by atoms with Gasteiger partial charge in [0, 0.05) is 10.8 Å². The molecule has 0 radical (unpaired) electrons. The van der Waals surface area contributed by atoms with Crippen LogP contribution in [0.15, 0.2) is 0 Å². The van der Waals surface area contributed by atoms with Crippen molar-refractivity contribution in [3.63, 3.8) is 0 Å². The highest BCUT2D eigenvalue weighted by Gasteiger charge is 2.36. The van der Waals surface area contributed by atoms with Crippen LogP contribution in [0, 0.1) is 10.8 Å². The summed E-state index contributed by atoms with van der Waals surface area (Å²) in [5.74, 6) is 0. The Kier molecular flexibility index (Phi) is 5.59. The van der Waals surface area contributed by atoms with Crippen molar-refractivity contribution in [2.24, 2.45) is 10.8 Å². The van der Waals surface area contributed by atoms with Crippen molar-refractivity contribution in [3.8, 4) is 0 Å². The third kappa shape index (κ3) is 3.89. The van der Waals surface area contributed by atoms with Crippen LogP contribution in [0.2, 0.25) is 0 Å². The van der Waals surface area contributed by atoms with E-state index in [2.05, 4.69) is 13.8 Å². The van der Waals surface area contributed by atoms with Gasteiger partial charge in [0.15, 0.2) is 0 Å². The van der Waals surface area contributed by atoms with Gasteiger partial charge in [0.25, 0.3) is 0 Å². The molecule has 0 aliphatic carbocycles. The Bertz CT molecular complexity index is 231. The highest BCUT2D eigenvalue weighted by Crippen LogP contribution is 2.30. The Labute approximate surface area is 115 Å². The Balaban J connectivity index is 1.80. The molecule has 5 heteroatoms. The lowest BCUT2D eigenvalue weighted by Crippen LogP contribution is -2.44. The van der Waals surface area contributed by atoms with E-state index in [1.165, 1.54) is 0 Å². The average Bonchev–Trinajstić information content (AvgIpc) is 2.49. The largest absolute Gasteiger partial charge is 0.380 e. The van der Waals surface area contributed by atoms with E-state index in [9.17, 15) is 0 Å². The zero-order valence-electron chi connectivity index (χ0n) is 12.1. The lowest BCUT2D eigenvalue weighted by Gasteiger charge is -2.39. The van der Waals surface area contributed by atoms with Crippen molar-refractivity contribution in [1.29, 1.82) is 0 Å². The van der Waals surface area contributed by atoms with Crippen molar-refractivity contribution in [2.45, 2.75) is 26.7 Å². The molecule has 2 aliphatic heterocycles. The van der Waals surface area contributed by atoms with Crippen molar-refractivity contribution in [2.75, 3.05) is 53.2 Å². The minimum Gasteiger partial charge on any atom is -0.380 e. The summed E-state index contributed by atoms with van der Waals surface area (Å²) < 4.78 is 27.7. The Hall–Kier alpha value is -0.200. The second-order valence-electron chi connectivity index (χ2n) is 5.83. The fraction of sp³-hybridized carbons (Fsp3) is 1.00. The third-order valence-corrected chi connectivity index (χ3v) is 4.28. The molecule has 112 valence electrons. The lowest BCUT2D eigenvalue weighted by molar-refractivity contribution is -0.204. The standard InChI is InChI=1S/C14H26O5/c1-3-13(7-16-11-17-8-13)5-15-6-14(4-2)9-18-12-19-10-14/h3-12H2,1-2H3. The number of ether oxygens (including phenoxy) is 5. The maximum Gasteiger partial charge on any atom is 0.146 e. The second-order valence-corrected chi connectivity index (χ2v) is 5.83. The van der Waals surface area contributed by atoms with Gasteiger partial charge in [-0.05, 0) is 12.8 Å². The van der Waals surface area contributed by atoms with Crippen LogP contribution in [-0.4, -0.2) is 53.2 Å². The first kappa shape index (κ1) is 15.2. The summed E-state index contributed by atoms with van der Waals surface area (Å²) in [4.78, 5) is 0. The van der Waals surface area contributed by atoms with Crippen LogP contribution in [0.3, 0.4) is 0 Å². The van der Waals surface area contributed by atoms with Gasteiger partial charge in [-0.3, -0.25) is 0 Å². The minimum atomic E-state index is 0.00353. The zero-order valence-corrected chi connectivity index (χ0v) is 12.1. The molecule has 0 aromatic carbocycles. The van der Waals surface area contributed by atoms with Gasteiger partial charge >= 0.3 is 0 Å². The molecule has 0 aromatic rings. The smallest absolute Gasteiger partial charge is 0.146 e. The molecule has 2 aliphatic rings. The summed E-state index contributed by atoms with van der Waals surface area (Å²) in [6.45, 7) is 9.34. The van der Waals surface area contributed by atoms with Crippen molar-refractivity contribution in [3.05, 3.63) is 0 Å². The maximum atomic E-state index is 5.98. The van der Waals surface area contributed by atoms with Gasteiger partial charge in [0.05, 0.1) is 39.6 Å². The fourth-order valence-corrected chi connectivity index (χ4v) is 2.50. The van der Waals surface area contributed by atoms with Gasteiger partial charge in [-0.2, -0.15) is 0 Å². The van der Waals surface area contributed by atoms with E-state index in [4.69, 9.17) is 23.7 Å². The van der Waals surface area contributed by atoms with Gasteiger partial charge in [0.1, 0.15) is 13.6 Å². The van der Waals surface area contributed by atoms with Gasteiger partial charge in [-0.1, -0.05) is 13.8 Å². The molecule has 2 saturated heterocycles. The summed E-state index contributed by atoms with van der Waals surface area (Å²) in [5, 5.41) is 0. The van der Waals surface area contributed by atoms with Gasteiger partial charge in [-0.25, -0.2) is 0 Å². The lowest BCUT2D eigenvalue weighted by atomic mass is 9.86. The molecule has 0 aromatic heterocycles. The Morgan fingerprint density at radius 1 is 0.737 bits per heavy atom. The van der Waals surface area contributed by atoms with Crippen LogP contribution >= 0.6 is 0 Å². The van der Waals surface area contributed by atoms with Crippen molar-refractivity contribution < 1.29 is 23.7 Å². The zero-order chi connectivity index (χ0) is 13.6. The van der Waals surface area contributed by atoms with Gasteiger partial charge < -0.3 is 23.7 Å². The van der Waals surface area contributed by atoms with E-state index in [1.54, 1.807) is 0 Å². The highest BCUT2D eigenvalue weighted by molar-refractivity contribution is 4.82. The van der Waals surface area contributed by atoms with Crippen LogP contribution in [0.25, 0.3) is 0 Å². The molecule has 2 rings (SSSR count). The maximum absolute atomic E-state index is 5.98. The van der Waals surface area contributed by atoms with Crippen molar-refractivity contribution >= 4 is 0 Å². The van der Waals surface area contributed by atoms with Crippen molar-refractivity contribution in [1.82, 2.24) is 0 Å². The first-order valence-electron chi connectivity index (χ1n) is 7.13. The molecule has 0 unspecified atom stereocenters. The molecule has 0 N–H and O–H groups in total. The average molecular weight is 274 g/mol. The first-order valence-corrected chi connectivity index (χ1v) is 7.13. The predicted molar refractivity (Wildman–Crippen MR) is 69.8 cm³/mol. The van der Waals surface area contributed by atoms with E-state index in [0.717, 1.165) is 39.3 Å². The van der Waals surface area contributed by atoms with Crippen LogP contribution in [0.4, 0.5) is 0 Å². The Morgan fingerprint density at radius 3 is 1.42 bits per heavy atom. The number of hydrogen-bond acceptors (Lipinski definition) is 5. The molecule has 0 saturated carbocycles. The molecule has 0 amide bonds. The topological polar surface area (TPSA) is 46.2 Å². The van der Waals surface area contributed by atoms with Crippen LogP contribution < -0.4 is 0 Å². The molecular weight excluding hydrogens is 248 g/mol. The summed E-state index contributed by atoms with van der Waals surface area (Å²) >= 11 is 0. The number of rotatable bonds is 6. The molecule has 0 spiro atoms. The molecule has 5 nitrogen and oxygen atoms in total. The van der Waals surface area contributed by atoms with E-state index < -0.39 is 0 Å². The molecule has 2 fully saturated rings. The summed E-state index contributed by atoms with van der Waals surface area (Å²) in [7, 11) is 0. The molecular formula is C14H26O5. The monoisotopic (exact) mass is 274 g/mol. The van der Waals surface area contributed by atoms with E-state index >= 15 is 0 Å². The van der Waals surface area contributed by atoms with Gasteiger partial charge in [0.2, 0.25) is 0 Å². The van der Waals surface area contributed by atoms with Crippen LogP contribution in [0.5, 0.6) is 0 Å². The molecule has 19 heavy (non-hydrogen) atoms. The van der Waals surface area contributed by atoms with E-state index in [-0.39, 0.29) is 10.8 Å². The fourth-order valence-electron chi connectivity index (χ4n) is 2.50. The number of hydrogen-bond donors (Lipinski definition) is 0. The Morgan fingerprint density at radius 2 is 1.11 bits per heavy atom. The normalized spacial score (nSPS) is 26.2.